The predicted octanol–water partition coefficient (Wildman–Crippen LogP) is 2.68. The molecule has 1 aromatic rings. The standard InChI is InChI=1S/C13H19NO3/c1-4-5-10(2)9-17-12-8-11(6-7-14-12)13(15)16-3/h6-8,10H,4-5,9H2,1-3H3. The molecule has 1 atom stereocenters. The maximum absolute atomic E-state index is 11.3. The van der Waals surface area contributed by atoms with Crippen molar-refractivity contribution in [1.82, 2.24) is 4.98 Å². The molecule has 0 saturated heterocycles. The van der Waals surface area contributed by atoms with Crippen LogP contribution in [0.2, 0.25) is 0 Å². The van der Waals surface area contributed by atoms with Gasteiger partial charge in [0.25, 0.3) is 0 Å². The summed E-state index contributed by atoms with van der Waals surface area (Å²) < 4.78 is 10.2. The van der Waals surface area contributed by atoms with Crippen LogP contribution in [0.5, 0.6) is 5.88 Å². The quantitative estimate of drug-likeness (QED) is 0.714. The largest absolute Gasteiger partial charge is 0.477 e. The second kappa shape index (κ2) is 6.89. The van der Waals surface area contributed by atoms with Crippen molar-refractivity contribution in [3.05, 3.63) is 23.9 Å². The number of methoxy groups -OCH3 is 1. The Hall–Kier alpha value is -1.58. The molecule has 4 nitrogen and oxygen atoms in total. The third kappa shape index (κ3) is 4.43. The maximum atomic E-state index is 11.3. The third-order valence-electron chi connectivity index (χ3n) is 2.45. The predicted molar refractivity (Wildman–Crippen MR) is 65.1 cm³/mol. The fourth-order valence-electron chi connectivity index (χ4n) is 1.54. The van der Waals surface area contributed by atoms with Gasteiger partial charge in [-0.2, -0.15) is 0 Å². The van der Waals surface area contributed by atoms with Crippen molar-refractivity contribution in [2.24, 2.45) is 5.92 Å². The Balaban J connectivity index is 2.57. The van der Waals surface area contributed by atoms with Crippen LogP contribution in [0.1, 0.15) is 37.0 Å². The highest BCUT2D eigenvalue weighted by Gasteiger charge is 2.08. The first-order valence-electron chi connectivity index (χ1n) is 5.84. The van der Waals surface area contributed by atoms with E-state index in [2.05, 4.69) is 23.6 Å². The number of rotatable bonds is 6. The number of carbonyl (C=O) groups excluding carboxylic acids is 1. The molecule has 0 aliphatic heterocycles. The molecular formula is C13H19NO3. The number of pyridine rings is 1. The molecule has 17 heavy (non-hydrogen) atoms. The summed E-state index contributed by atoms with van der Waals surface area (Å²) in [5.74, 6) is 0.582. The molecule has 0 N–H and O–H groups in total. The maximum Gasteiger partial charge on any atom is 0.338 e. The van der Waals surface area contributed by atoms with E-state index >= 15 is 0 Å². The van der Waals surface area contributed by atoms with Crippen molar-refractivity contribution in [1.29, 1.82) is 0 Å². The van der Waals surface area contributed by atoms with Crippen LogP contribution in [-0.2, 0) is 4.74 Å². The molecule has 0 spiro atoms. The number of hydrogen-bond donors (Lipinski definition) is 0. The molecular weight excluding hydrogens is 218 g/mol. The summed E-state index contributed by atoms with van der Waals surface area (Å²) >= 11 is 0. The van der Waals surface area contributed by atoms with Gasteiger partial charge < -0.3 is 9.47 Å². The lowest BCUT2D eigenvalue weighted by atomic mass is 10.1. The van der Waals surface area contributed by atoms with Crippen LogP contribution >= 0.6 is 0 Å². The Bertz CT molecular complexity index is 365. The Morgan fingerprint density at radius 2 is 2.29 bits per heavy atom. The van der Waals surface area contributed by atoms with Gasteiger partial charge in [-0.15, -0.1) is 0 Å². The molecule has 0 aromatic carbocycles. The van der Waals surface area contributed by atoms with Crippen molar-refractivity contribution in [2.45, 2.75) is 26.7 Å². The van der Waals surface area contributed by atoms with E-state index in [4.69, 9.17) is 4.74 Å². The monoisotopic (exact) mass is 237 g/mol. The highest BCUT2D eigenvalue weighted by atomic mass is 16.5. The molecule has 0 amide bonds. The van der Waals surface area contributed by atoms with Crippen LogP contribution in [0, 0.1) is 5.92 Å². The van der Waals surface area contributed by atoms with Crippen LogP contribution in [-0.4, -0.2) is 24.7 Å². The number of ether oxygens (including phenoxy) is 2. The zero-order chi connectivity index (χ0) is 12.7. The van der Waals surface area contributed by atoms with E-state index in [1.165, 1.54) is 7.11 Å². The first-order valence-corrected chi connectivity index (χ1v) is 5.84. The van der Waals surface area contributed by atoms with Gasteiger partial charge in [0.1, 0.15) is 0 Å². The van der Waals surface area contributed by atoms with Crippen molar-refractivity contribution in [3.63, 3.8) is 0 Å². The van der Waals surface area contributed by atoms with E-state index in [1.807, 2.05) is 0 Å². The third-order valence-corrected chi connectivity index (χ3v) is 2.45. The van der Waals surface area contributed by atoms with Gasteiger partial charge in [0.15, 0.2) is 0 Å². The minimum Gasteiger partial charge on any atom is -0.477 e. The van der Waals surface area contributed by atoms with Gasteiger partial charge in [0, 0.05) is 12.3 Å². The van der Waals surface area contributed by atoms with Crippen molar-refractivity contribution in [2.75, 3.05) is 13.7 Å². The summed E-state index contributed by atoms with van der Waals surface area (Å²) in [5, 5.41) is 0. The fourth-order valence-corrected chi connectivity index (χ4v) is 1.54. The van der Waals surface area contributed by atoms with Gasteiger partial charge in [-0.1, -0.05) is 20.3 Å². The molecule has 0 bridgehead atoms. The minimum absolute atomic E-state index is 0.376. The molecule has 94 valence electrons. The Labute approximate surface area is 102 Å². The second-order valence-electron chi connectivity index (χ2n) is 4.08. The normalized spacial score (nSPS) is 11.9. The first-order chi connectivity index (χ1) is 8.17. The smallest absolute Gasteiger partial charge is 0.338 e. The number of nitrogens with zero attached hydrogens (tertiary/aromatic N) is 1. The Morgan fingerprint density at radius 1 is 1.53 bits per heavy atom. The van der Waals surface area contributed by atoms with Crippen LogP contribution < -0.4 is 4.74 Å². The lowest BCUT2D eigenvalue weighted by Crippen LogP contribution is -2.10. The van der Waals surface area contributed by atoms with Crippen LogP contribution in [0.3, 0.4) is 0 Å². The van der Waals surface area contributed by atoms with Gasteiger partial charge in [-0.05, 0) is 18.4 Å². The van der Waals surface area contributed by atoms with Crippen LogP contribution in [0.15, 0.2) is 18.3 Å². The average molecular weight is 237 g/mol. The molecule has 0 fully saturated rings. The molecule has 1 heterocycles. The summed E-state index contributed by atoms with van der Waals surface area (Å²) in [6.45, 7) is 4.89. The number of hydrogen-bond acceptors (Lipinski definition) is 4. The van der Waals surface area contributed by atoms with E-state index in [-0.39, 0.29) is 5.97 Å². The molecule has 1 rings (SSSR count). The van der Waals surface area contributed by atoms with Crippen LogP contribution in [0.25, 0.3) is 0 Å². The summed E-state index contributed by atoms with van der Waals surface area (Å²) in [6, 6.07) is 3.21. The van der Waals surface area contributed by atoms with E-state index in [9.17, 15) is 4.79 Å². The van der Waals surface area contributed by atoms with Crippen molar-refractivity contribution >= 4 is 5.97 Å². The fraction of sp³-hybridized carbons (Fsp3) is 0.538. The molecule has 0 aliphatic rings. The molecule has 0 radical (unpaired) electrons. The van der Waals surface area contributed by atoms with E-state index in [1.54, 1.807) is 18.3 Å². The van der Waals surface area contributed by atoms with E-state index in [0.717, 1.165) is 12.8 Å². The molecule has 0 aliphatic carbocycles. The lowest BCUT2D eigenvalue weighted by molar-refractivity contribution is 0.0600. The summed E-state index contributed by atoms with van der Waals surface area (Å²) in [4.78, 5) is 15.4. The van der Waals surface area contributed by atoms with Crippen LogP contribution in [0.4, 0.5) is 0 Å². The van der Waals surface area contributed by atoms with E-state index < -0.39 is 0 Å². The molecule has 4 heteroatoms. The number of carbonyl (C=O) groups is 1. The lowest BCUT2D eigenvalue weighted by Gasteiger charge is -2.11. The first kappa shape index (κ1) is 13.5. The van der Waals surface area contributed by atoms with Crippen molar-refractivity contribution < 1.29 is 14.3 Å². The minimum atomic E-state index is -0.376. The second-order valence-corrected chi connectivity index (χ2v) is 4.08. The van der Waals surface area contributed by atoms with Crippen molar-refractivity contribution in [3.8, 4) is 5.88 Å². The zero-order valence-corrected chi connectivity index (χ0v) is 10.6. The zero-order valence-electron chi connectivity index (χ0n) is 10.6. The number of aromatic nitrogens is 1. The highest BCUT2D eigenvalue weighted by molar-refractivity contribution is 5.89. The molecule has 0 saturated carbocycles. The van der Waals surface area contributed by atoms with Gasteiger partial charge in [0.2, 0.25) is 5.88 Å². The Kier molecular flexibility index (Phi) is 5.46. The van der Waals surface area contributed by atoms with Gasteiger partial charge in [-0.3, -0.25) is 0 Å². The van der Waals surface area contributed by atoms with Gasteiger partial charge >= 0.3 is 5.97 Å². The average Bonchev–Trinajstić information content (AvgIpc) is 2.36. The summed E-state index contributed by atoms with van der Waals surface area (Å²) in [7, 11) is 1.35. The van der Waals surface area contributed by atoms with Gasteiger partial charge in [-0.25, -0.2) is 9.78 Å². The molecule has 1 aromatic heterocycles. The molecule has 1 unspecified atom stereocenters. The number of esters is 1. The topological polar surface area (TPSA) is 48.4 Å². The summed E-state index contributed by atoms with van der Waals surface area (Å²) in [5.41, 5.74) is 0.459. The highest BCUT2D eigenvalue weighted by Crippen LogP contribution is 2.13. The van der Waals surface area contributed by atoms with Gasteiger partial charge in [0.05, 0.1) is 19.3 Å². The summed E-state index contributed by atoms with van der Waals surface area (Å²) in [6.07, 6.45) is 3.81. The van der Waals surface area contributed by atoms with E-state index in [0.29, 0.717) is 24.0 Å². The SMILES string of the molecule is CCCC(C)COc1cc(C(=O)OC)ccn1. The Morgan fingerprint density at radius 3 is 2.94 bits per heavy atom.